The van der Waals surface area contributed by atoms with Gasteiger partial charge in [-0.1, -0.05) is 0 Å². The van der Waals surface area contributed by atoms with E-state index in [-0.39, 0.29) is 30.8 Å². The maximum atomic E-state index is 12.5. The number of ether oxygens (including phenoxy) is 1. The Morgan fingerprint density at radius 1 is 1.22 bits per heavy atom. The molecular weight excluding hydrogens is 468 g/mol. The Labute approximate surface area is 210 Å². The summed E-state index contributed by atoms with van der Waals surface area (Å²) >= 11 is 0. The number of hydrogen-bond acceptors (Lipinski definition) is 4. The normalized spacial score (nSPS) is 21.4. The molecule has 2 unspecified atom stereocenters. The Morgan fingerprint density at radius 3 is 2.64 bits per heavy atom. The number of hydrogen-bond donors (Lipinski definition) is 3. The van der Waals surface area contributed by atoms with Crippen molar-refractivity contribution < 1.29 is 28.2 Å². The third kappa shape index (κ3) is 5.57. The smallest absolute Gasteiger partial charge is 0.255 e. The second-order valence-electron chi connectivity index (χ2n) is 10.2. The highest BCUT2D eigenvalue weighted by molar-refractivity contribution is 5.99. The van der Waals surface area contributed by atoms with E-state index in [0.29, 0.717) is 23.8 Å². The van der Waals surface area contributed by atoms with Crippen molar-refractivity contribution in [1.29, 1.82) is 0 Å². The minimum Gasteiger partial charge on any atom is -0.396 e. The van der Waals surface area contributed by atoms with Crippen LogP contribution in [-0.2, 0) is 23.0 Å². The van der Waals surface area contributed by atoms with Gasteiger partial charge in [-0.15, -0.1) is 0 Å². The third-order valence-corrected chi connectivity index (χ3v) is 8.15. The van der Waals surface area contributed by atoms with Gasteiger partial charge in [0.2, 0.25) is 5.91 Å². The molecule has 2 amide bonds. The molecule has 9 heteroatoms. The highest BCUT2D eigenvalue weighted by Gasteiger charge is 2.39. The molecule has 0 saturated carbocycles. The maximum Gasteiger partial charge on any atom is 0.255 e. The topological polar surface area (TPSA) is 92.6 Å². The molecule has 1 saturated heterocycles. The lowest BCUT2D eigenvalue weighted by Crippen LogP contribution is -2.34. The SMILES string of the molecule is CNC(=O)c1ccc2c(c1)c1c(n2C)C([C@@H](CO)CCC(=O)NCC(F)F)CC(C2CCOCC2)C1. The van der Waals surface area contributed by atoms with Crippen molar-refractivity contribution in [3.8, 4) is 0 Å². The summed E-state index contributed by atoms with van der Waals surface area (Å²) in [5.41, 5.74) is 4.01. The van der Waals surface area contributed by atoms with Gasteiger partial charge in [-0.05, 0) is 73.6 Å². The minimum atomic E-state index is -2.58. The zero-order valence-electron chi connectivity index (χ0n) is 21.1. The van der Waals surface area contributed by atoms with Gasteiger partial charge < -0.3 is 25.0 Å². The van der Waals surface area contributed by atoms with E-state index in [1.807, 2.05) is 25.2 Å². The Kier molecular flexibility index (Phi) is 8.62. The Morgan fingerprint density at radius 2 is 1.97 bits per heavy atom. The van der Waals surface area contributed by atoms with Gasteiger partial charge in [0.05, 0.1) is 6.54 Å². The summed E-state index contributed by atoms with van der Waals surface area (Å²) in [7, 11) is 3.64. The number of aliphatic hydroxyl groups is 1. The number of aryl methyl sites for hydroxylation is 1. The van der Waals surface area contributed by atoms with Crippen LogP contribution in [0.4, 0.5) is 8.78 Å². The number of fused-ring (bicyclic) bond motifs is 3. The molecule has 2 heterocycles. The molecule has 198 valence electrons. The van der Waals surface area contributed by atoms with Gasteiger partial charge in [0, 0.05) is 68.4 Å². The number of nitrogens with one attached hydrogen (secondary N) is 2. The lowest BCUT2D eigenvalue weighted by Gasteiger charge is -2.39. The maximum absolute atomic E-state index is 12.5. The number of aromatic nitrogens is 1. The molecule has 1 aromatic heterocycles. The van der Waals surface area contributed by atoms with Crippen LogP contribution in [0.2, 0.25) is 0 Å². The molecule has 7 nitrogen and oxygen atoms in total. The van der Waals surface area contributed by atoms with E-state index in [1.54, 1.807) is 7.05 Å². The molecule has 0 bridgehead atoms. The summed E-state index contributed by atoms with van der Waals surface area (Å²) in [6.07, 6.45) is 1.73. The van der Waals surface area contributed by atoms with Crippen LogP contribution in [0.15, 0.2) is 18.2 Å². The molecule has 1 aromatic carbocycles. The quantitative estimate of drug-likeness (QED) is 0.487. The van der Waals surface area contributed by atoms with Crippen molar-refractivity contribution in [2.75, 3.05) is 33.4 Å². The van der Waals surface area contributed by atoms with Crippen molar-refractivity contribution in [3.05, 3.63) is 35.0 Å². The van der Waals surface area contributed by atoms with E-state index in [2.05, 4.69) is 15.2 Å². The Hall–Kier alpha value is -2.52. The molecular formula is C27H37F2N3O4. The summed E-state index contributed by atoms with van der Waals surface area (Å²) in [5, 5.41) is 16.4. The molecule has 2 aliphatic rings. The van der Waals surface area contributed by atoms with Gasteiger partial charge in [0.1, 0.15) is 0 Å². The number of carbonyl (C=O) groups is 2. The number of rotatable bonds is 9. The molecule has 3 atom stereocenters. The van der Waals surface area contributed by atoms with Crippen LogP contribution in [-0.4, -0.2) is 61.3 Å². The fraction of sp³-hybridized carbons (Fsp3) is 0.630. The first kappa shape index (κ1) is 26.5. The summed E-state index contributed by atoms with van der Waals surface area (Å²) in [6.45, 7) is 0.766. The highest BCUT2D eigenvalue weighted by atomic mass is 19.3. The van der Waals surface area contributed by atoms with Crippen LogP contribution in [0.25, 0.3) is 10.9 Å². The largest absolute Gasteiger partial charge is 0.396 e. The van der Waals surface area contributed by atoms with Gasteiger partial charge in [-0.25, -0.2) is 8.78 Å². The van der Waals surface area contributed by atoms with Gasteiger partial charge in [0.15, 0.2) is 0 Å². The Bertz CT molecular complexity index is 1080. The van der Waals surface area contributed by atoms with Crippen molar-refractivity contribution in [2.24, 2.45) is 24.8 Å². The molecule has 4 rings (SSSR count). The van der Waals surface area contributed by atoms with Gasteiger partial charge >= 0.3 is 0 Å². The molecule has 2 aromatic rings. The third-order valence-electron chi connectivity index (χ3n) is 8.15. The van der Waals surface area contributed by atoms with E-state index < -0.39 is 18.9 Å². The van der Waals surface area contributed by atoms with Crippen LogP contribution in [0, 0.1) is 17.8 Å². The van der Waals surface area contributed by atoms with Gasteiger partial charge in [-0.2, -0.15) is 0 Å². The predicted molar refractivity (Wildman–Crippen MR) is 133 cm³/mol. The number of alkyl halides is 2. The summed E-state index contributed by atoms with van der Waals surface area (Å²) in [4.78, 5) is 24.5. The lowest BCUT2D eigenvalue weighted by molar-refractivity contribution is -0.122. The van der Waals surface area contributed by atoms with Crippen molar-refractivity contribution in [3.63, 3.8) is 0 Å². The van der Waals surface area contributed by atoms with E-state index in [9.17, 15) is 23.5 Å². The molecule has 1 aliphatic heterocycles. The first-order chi connectivity index (χ1) is 17.3. The molecule has 0 radical (unpaired) electrons. The second kappa shape index (κ2) is 11.7. The summed E-state index contributed by atoms with van der Waals surface area (Å²) < 4.78 is 32.8. The molecule has 1 fully saturated rings. The number of amides is 2. The van der Waals surface area contributed by atoms with Crippen molar-refractivity contribution >= 4 is 22.7 Å². The number of halogens is 2. The van der Waals surface area contributed by atoms with Crippen molar-refractivity contribution in [1.82, 2.24) is 15.2 Å². The second-order valence-corrected chi connectivity index (χ2v) is 10.2. The number of nitrogens with zero attached hydrogens (tertiary/aromatic N) is 1. The average molecular weight is 506 g/mol. The summed E-state index contributed by atoms with van der Waals surface area (Å²) in [6, 6.07) is 5.76. The van der Waals surface area contributed by atoms with Crippen LogP contribution in [0.3, 0.4) is 0 Å². The highest BCUT2D eigenvalue weighted by Crippen LogP contribution is 2.48. The standard InChI is InChI=1S/C27H37F2N3O4/c1-30-27(35)17-3-5-23-21(11-17)22-13-19(16-7-9-36-10-8-16)12-20(26(22)32(23)2)18(15-33)4-6-25(34)31-14-24(28)29/h3,5,11,16,18-20,24,33H,4,6-10,12-15H2,1-2H3,(H,30,35)(H,31,34)/t18-,19?,20?/m1/s1. The minimum absolute atomic E-state index is 0.0235. The van der Waals surface area contributed by atoms with Crippen LogP contribution >= 0.6 is 0 Å². The fourth-order valence-electron chi connectivity index (χ4n) is 6.27. The van der Waals surface area contributed by atoms with Gasteiger partial charge in [0.25, 0.3) is 12.3 Å². The molecule has 0 spiro atoms. The van der Waals surface area contributed by atoms with E-state index in [4.69, 9.17) is 4.74 Å². The first-order valence-electron chi connectivity index (χ1n) is 12.9. The van der Waals surface area contributed by atoms with E-state index >= 15 is 0 Å². The van der Waals surface area contributed by atoms with Crippen LogP contribution in [0.1, 0.15) is 59.6 Å². The molecule has 3 N–H and O–H groups in total. The van der Waals surface area contributed by atoms with Crippen LogP contribution in [0.5, 0.6) is 0 Å². The monoisotopic (exact) mass is 505 g/mol. The van der Waals surface area contributed by atoms with Crippen LogP contribution < -0.4 is 10.6 Å². The zero-order chi connectivity index (χ0) is 25.8. The Balaban J connectivity index is 1.68. The van der Waals surface area contributed by atoms with Crippen molar-refractivity contribution in [2.45, 2.75) is 50.9 Å². The van der Waals surface area contributed by atoms with E-state index in [1.165, 1.54) is 5.56 Å². The molecule has 36 heavy (non-hydrogen) atoms. The number of carbonyl (C=O) groups excluding carboxylic acids is 2. The van der Waals surface area contributed by atoms with Gasteiger partial charge in [-0.3, -0.25) is 9.59 Å². The van der Waals surface area contributed by atoms with E-state index in [0.717, 1.165) is 55.5 Å². The lowest BCUT2D eigenvalue weighted by atomic mass is 9.67. The fourth-order valence-corrected chi connectivity index (χ4v) is 6.27. The summed E-state index contributed by atoms with van der Waals surface area (Å²) in [5.74, 6) is 0.215. The number of benzene rings is 1. The number of aliphatic hydroxyl groups excluding tert-OH is 1. The predicted octanol–water partition coefficient (Wildman–Crippen LogP) is 3.38. The molecule has 1 aliphatic carbocycles. The zero-order valence-corrected chi connectivity index (χ0v) is 21.1. The first-order valence-corrected chi connectivity index (χ1v) is 12.9. The average Bonchev–Trinajstić information content (AvgIpc) is 3.18.